The fraction of sp³-hybridized carbons (Fsp3) is 0.526. The van der Waals surface area contributed by atoms with Crippen molar-refractivity contribution in [1.29, 1.82) is 0 Å². The van der Waals surface area contributed by atoms with E-state index in [2.05, 4.69) is 27.0 Å². The summed E-state index contributed by atoms with van der Waals surface area (Å²) in [6.07, 6.45) is 6.31. The number of amides is 2. The molecule has 1 aliphatic rings. The van der Waals surface area contributed by atoms with Gasteiger partial charge in [0.1, 0.15) is 5.76 Å². The van der Waals surface area contributed by atoms with E-state index in [1.807, 2.05) is 31.1 Å². The summed E-state index contributed by atoms with van der Waals surface area (Å²) >= 11 is 1.68. The Labute approximate surface area is 153 Å². The van der Waals surface area contributed by atoms with Crippen LogP contribution in [0.3, 0.4) is 0 Å². The zero-order chi connectivity index (χ0) is 17.6. The number of likely N-dealkylation sites (N-methyl/N-ethyl adjacent to an activating group) is 1. The Bertz CT molecular complexity index is 634. The number of urea groups is 1. The number of carbonyl (C=O) groups excluding carboxylic acids is 1. The molecule has 136 valence electrons. The van der Waals surface area contributed by atoms with Gasteiger partial charge in [-0.05, 0) is 61.5 Å². The fourth-order valence-electron chi connectivity index (χ4n) is 3.47. The fourth-order valence-corrected chi connectivity index (χ4v) is 4.13. The molecule has 1 fully saturated rings. The topological polar surface area (TPSA) is 48.7 Å². The van der Waals surface area contributed by atoms with Gasteiger partial charge in [-0.2, -0.15) is 11.3 Å². The first kappa shape index (κ1) is 18.0. The van der Waals surface area contributed by atoms with Gasteiger partial charge in [0.15, 0.2) is 0 Å². The van der Waals surface area contributed by atoms with Crippen molar-refractivity contribution in [1.82, 2.24) is 15.1 Å². The first-order valence-corrected chi connectivity index (χ1v) is 9.85. The summed E-state index contributed by atoms with van der Waals surface area (Å²) in [5.74, 6) is 0.871. The summed E-state index contributed by atoms with van der Waals surface area (Å²) < 4.78 is 5.53. The number of nitrogens with one attached hydrogen (secondary N) is 1. The molecule has 0 radical (unpaired) electrons. The Morgan fingerprint density at radius 3 is 2.76 bits per heavy atom. The SMILES string of the molecule is CN(C)C(CNC(=O)N(Cc1ccsc1)C1CCCC1)c1ccco1. The van der Waals surface area contributed by atoms with E-state index in [4.69, 9.17) is 4.42 Å². The van der Waals surface area contributed by atoms with Crippen molar-refractivity contribution in [2.45, 2.75) is 44.3 Å². The third-order valence-corrected chi connectivity index (χ3v) is 5.63. The molecule has 5 nitrogen and oxygen atoms in total. The van der Waals surface area contributed by atoms with E-state index in [-0.39, 0.29) is 12.1 Å². The molecular formula is C19H27N3O2S. The van der Waals surface area contributed by atoms with Gasteiger partial charge in [0.25, 0.3) is 0 Å². The van der Waals surface area contributed by atoms with Crippen LogP contribution in [0.15, 0.2) is 39.6 Å². The Morgan fingerprint density at radius 2 is 2.16 bits per heavy atom. The number of rotatable bonds is 7. The number of carbonyl (C=O) groups is 1. The third kappa shape index (κ3) is 4.64. The maximum atomic E-state index is 12.9. The lowest BCUT2D eigenvalue weighted by Gasteiger charge is -2.30. The van der Waals surface area contributed by atoms with Crippen LogP contribution in [0.25, 0.3) is 0 Å². The lowest BCUT2D eigenvalue weighted by atomic mass is 10.2. The van der Waals surface area contributed by atoms with Crippen LogP contribution >= 0.6 is 11.3 Å². The Kier molecular flexibility index (Phi) is 6.15. The molecule has 1 aliphatic carbocycles. The highest BCUT2D eigenvalue weighted by atomic mass is 32.1. The number of hydrogen-bond acceptors (Lipinski definition) is 4. The average Bonchev–Trinajstić information content (AvgIpc) is 3.33. The van der Waals surface area contributed by atoms with E-state index < -0.39 is 0 Å². The summed E-state index contributed by atoms with van der Waals surface area (Å²) in [4.78, 5) is 17.0. The molecule has 2 heterocycles. The van der Waals surface area contributed by atoms with Crippen LogP contribution in [0.1, 0.15) is 43.0 Å². The first-order chi connectivity index (χ1) is 12.1. The van der Waals surface area contributed by atoms with Gasteiger partial charge in [-0.1, -0.05) is 12.8 Å². The lowest BCUT2D eigenvalue weighted by molar-refractivity contribution is 0.165. The summed E-state index contributed by atoms with van der Waals surface area (Å²) in [5.41, 5.74) is 1.21. The predicted octanol–water partition coefficient (Wildman–Crippen LogP) is 4.10. The maximum absolute atomic E-state index is 12.9. The molecule has 1 N–H and O–H groups in total. The molecule has 1 atom stereocenters. The molecule has 0 aliphatic heterocycles. The normalized spacial score (nSPS) is 16.3. The molecular weight excluding hydrogens is 334 g/mol. The second-order valence-corrected chi connectivity index (χ2v) is 7.66. The molecule has 1 unspecified atom stereocenters. The molecule has 0 aromatic carbocycles. The summed E-state index contributed by atoms with van der Waals surface area (Å²) in [6, 6.07) is 6.35. The second kappa shape index (κ2) is 8.54. The molecule has 0 saturated heterocycles. The lowest BCUT2D eigenvalue weighted by Crippen LogP contribution is -2.46. The van der Waals surface area contributed by atoms with Crippen molar-refractivity contribution in [3.63, 3.8) is 0 Å². The molecule has 3 rings (SSSR count). The molecule has 1 saturated carbocycles. The van der Waals surface area contributed by atoms with Gasteiger partial charge in [-0.3, -0.25) is 4.90 Å². The van der Waals surface area contributed by atoms with Crippen LogP contribution in [0.4, 0.5) is 4.79 Å². The summed E-state index contributed by atoms with van der Waals surface area (Å²) in [5, 5.41) is 7.32. The highest BCUT2D eigenvalue weighted by Crippen LogP contribution is 2.26. The van der Waals surface area contributed by atoms with Crippen molar-refractivity contribution in [2.75, 3.05) is 20.6 Å². The summed E-state index contributed by atoms with van der Waals surface area (Å²) in [6.45, 7) is 1.22. The van der Waals surface area contributed by atoms with Crippen molar-refractivity contribution < 1.29 is 9.21 Å². The molecule has 2 aromatic heterocycles. The number of thiophene rings is 1. The van der Waals surface area contributed by atoms with Gasteiger partial charge in [-0.25, -0.2) is 4.79 Å². The average molecular weight is 362 g/mol. The monoisotopic (exact) mass is 361 g/mol. The van der Waals surface area contributed by atoms with Crippen LogP contribution < -0.4 is 5.32 Å². The number of nitrogens with zero attached hydrogens (tertiary/aromatic N) is 2. The van der Waals surface area contributed by atoms with Crippen molar-refractivity contribution in [3.05, 3.63) is 46.5 Å². The zero-order valence-corrected chi connectivity index (χ0v) is 15.8. The Balaban J connectivity index is 1.64. The van der Waals surface area contributed by atoms with Crippen molar-refractivity contribution in [2.24, 2.45) is 0 Å². The minimum absolute atomic E-state index is 0.0245. The smallest absolute Gasteiger partial charge is 0.318 e. The largest absolute Gasteiger partial charge is 0.468 e. The van der Waals surface area contributed by atoms with Crippen LogP contribution in [0.2, 0.25) is 0 Å². The van der Waals surface area contributed by atoms with E-state index in [1.54, 1.807) is 17.6 Å². The van der Waals surface area contributed by atoms with E-state index in [1.165, 1.54) is 18.4 Å². The Hall–Kier alpha value is -1.79. The van der Waals surface area contributed by atoms with Gasteiger partial charge in [0.2, 0.25) is 0 Å². The highest BCUT2D eigenvalue weighted by Gasteiger charge is 2.28. The van der Waals surface area contributed by atoms with E-state index >= 15 is 0 Å². The minimum atomic E-state index is 0.0245. The molecule has 0 spiro atoms. The predicted molar refractivity (Wildman–Crippen MR) is 101 cm³/mol. The number of furan rings is 1. The van der Waals surface area contributed by atoms with Crippen LogP contribution in [-0.4, -0.2) is 42.5 Å². The van der Waals surface area contributed by atoms with Crippen LogP contribution in [0, 0.1) is 0 Å². The van der Waals surface area contributed by atoms with Gasteiger partial charge >= 0.3 is 6.03 Å². The van der Waals surface area contributed by atoms with Crippen molar-refractivity contribution in [3.8, 4) is 0 Å². The van der Waals surface area contributed by atoms with E-state index in [9.17, 15) is 4.79 Å². The van der Waals surface area contributed by atoms with Gasteiger partial charge in [-0.15, -0.1) is 0 Å². The summed E-state index contributed by atoms with van der Waals surface area (Å²) in [7, 11) is 4.00. The van der Waals surface area contributed by atoms with Gasteiger partial charge < -0.3 is 14.6 Å². The third-order valence-electron chi connectivity index (χ3n) is 4.90. The van der Waals surface area contributed by atoms with Crippen LogP contribution in [0.5, 0.6) is 0 Å². The molecule has 0 bridgehead atoms. The van der Waals surface area contributed by atoms with Crippen LogP contribution in [-0.2, 0) is 6.54 Å². The number of hydrogen-bond donors (Lipinski definition) is 1. The van der Waals surface area contributed by atoms with Crippen molar-refractivity contribution >= 4 is 17.4 Å². The minimum Gasteiger partial charge on any atom is -0.468 e. The highest BCUT2D eigenvalue weighted by molar-refractivity contribution is 7.07. The first-order valence-electron chi connectivity index (χ1n) is 8.90. The van der Waals surface area contributed by atoms with Gasteiger partial charge in [0.05, 0.1) is 12.3 Å². The van der Waals surface area contributed by atoms with E-state index in [0.717, 1.165) is 18.6 Å². The second-order valence-electron chi connectivity index (χ2n) is 6.88. The van der Waals surface area contributed by atoms with E-state index in [0.29, 0.717) is 19.1 Å². The Morgan fingerprint density at radius 1 is 1.36 bits per heavy atom. The molecule has 2 amide bonds. The molecule has 2 aromatic rings. The maximum Gasteiger partial charge on any atom is 0.318 e. The molecule has 6 heteroatoms. The van der Waals surface area contributed by atoms with Gasteiger partial charge in [0, 0.05) is 19.1 Å². The standard InChI is InChI=1S/C19H27N3O2S/c1-21(2)17(18-8-5-10-24-18)12-20-19(23)22(16-6-3-4-7-16)13-15-9-11-25-14-15/h5,8-11,14,16-17H,3-4,6-7,12-13H2,1-2H3,(H,20,23). The molecule has 25 heavy (non-hydrogen) atoms. The zero-order valence-electron chi connectivity index (χ0n) is 15.0. The quantitative estimate of drug-likeness (QED) is 0.808.